The number of methoxy groups -OCH3 is 1. The van der Waals surface area contributed by atoms with Crippen LogP contribution in [0, 0.1) is 13.8 Å². The smallest absolute Gasteiger partial charge is 0.247 e. The molecule has 9 nitrogen and oxygen atoms in total. The molecule has 1 saturated heterocycles. The highest BCUT2D eigenvalue weighted by Gasteiger charge is 2.38. The fourth-order valence-corrected chi connectivity index (χ4v) is 3.43. The second-order valence-corrected chi connectivity index (χ2v) is 7.05. The van der Waals surface area contributed by atoms with Crippen LogP contribution in [0.3, 0.4) is 0 Å². The number of aromatic nitrogens is 7. The van der Waals surface area contributed by atoms with E-state index in [1.165, 1.54) is 0 Å². The third kappa shape index (κ3) is 2.97. The summed E-state index contributed by atoms with van der Waals surface area (Å²) in [6.45, 7) is 6.84. The average molecular weight is 368 g/mol. The predicted molar refractivity (Wildman–Crippen MR) is 102 cm³/mol. The fraction of sp³-hybridized carbons (Fsp3) is 0.500. The molecule has 3 aromatic heterocycles. The lowest BCUT2D eigenvalue weighted by molar-refractivity contribution is 0.0146. The first kappa shape index (κ1) is 17.6. The molecule has 0 amide bonds. The Labute approximate surface area is 157 Å². The third-order valence-electron chi connectivity index (χ3n) is 5.17. The highest BCUT2D eigenvalue weighted by molar-refractivity contribution is 5.65. The van der Waals surface area contributed by atoms with E-state index in [4.69, 9.17) is 4.74 Å². The Balaban J connectivity index is 1.63. The van der Waals surface area contributed by atoms with Gasteiger partial charge < -0.3 is 9.64 Å². The number of hydrogen-bond donors (Lipinski definition) is 0. The molecule has 0 saturated carbocycles. The van der Waals surface area contributed by atoms with Crippen LogP contribution in [0.4, 0.5) is 5.95 Å². The summed E-state index contributed by atoms with van der Waals surface area (Å²) in [5.74, 6) is 2.03. The van der Waals surface area contributed by atoms with Crippen LogP contribution in [0.5, 0.6) is 0 Å². The summed E-state index contributed by atoms with van der Waals surface area (Å²) < 4.78 is 9.25. The number of rotatable bonds is 4. The van der Waals surface area contributed by atoms with Crippen molar-refractivity contribution in [2.75, 3.05) is 18.6 Å². The van der Waals surface area contributed by atoms with Gasteiger partial charge in [0, 0.05) is 26.9 Å². The SMILES string of the molecule is COC1(C)CCCN1c1nc(C=Cc2nc3c(C)ncc(C)n3n2)n(C)n1. The Morgan fingerprint density at radius 1 is 1.19 bits per heavy atom. The van der Waals surface area contributed by atoms with E-state index in [-0.39, 0.29) is 5.72 Å². The molecule has 1 fully saturated rings. The summed E-state index contributed by atoms with van der Waals surface area (Å²) in [5.41, 5.74) is 2.20. The van der Waals surface area contributed by atoms with Crippen molar-refractivity contribution in [2.24, 2.45) is 7.05 Å². The molecule has 4 rings (SSSR count). The highest BCUT2D eigenvalue weighted by atomic mass is 16.5. The van der Waals surface area contributed by atoms with E-state index in [0.717, 1.165) is 42.2 Å². The van der Waals surface area contributed by atoms with Gasteiger partial charge >= 0.3 is 0 Å². The van der Waals surface area contributed by atoms with Gasteiger partial charge in [0.05, 0.1) is 11.4 Å². The van der Waals surface area contributed by atoms with Crippen LogP contribution in [-0.2, 0) is 11.8 Å². The molecular weight excluding hydrogens is 344 g/mol. The zero-order valence-electron chi connectivity index (χ0n) is 16.3. The molecule has 1 aliphatic heterocycles. The highest BCUT2D eigenvalue weighted by Crippen LogP contribution is 2.32. The zero-order chi connectivity index (χ0) is 19.2. The van der Waals surface area contributed by atoms with Gasteiger partial charge in [0.15, 0.2) is 17.3 Å². The van der Waals surface area contributed by atoms with Gasteiger partial charge in [-0.05, 0) is 45.8 Å². The molecule has 0 spiro atoms. The first-order valence-electron chi connectivity index (χ1n) is 9.02. The normalized spacial score (nSPS) is 20.4. The maximum absolute atomic E-state index is 5.69. The molecular formula is C18H24N8O. The van der Waals surface area contributed by atoms with Gasteiger partial charge in [-0.2, -0.15) is 4.98 Å². The third-order valence-corrected chi connectivity index (χ3v) is 5.17. The van der Waals surface area contributed by atoms with E-state index in [2.05, 4.69) is 37.0 Å². The maximum atomic E-state index is 5.69. The average Bonchev–Trinajstić information content (AvgIpc) is 3.34. The van der Waals surface area contributed by atoms with Crippen LogP contribution in [-0.4, -0.2) is 53.7 Å². The molecule has 0 aromatic carbocycles. The van der Waals surface area contributed by atoms with E-state index >= 15 is 0 Å². The number of nitrogens with zero attached hydrogens (tertiary/aromatic N) is 8. The van der Waals surface area contributed by atoms with Crippen LogP contribution in [0.1, 0.15) is 42.8 Å². The largest absolute Gasteiger partial charge is 0.359 e. The lowest BCUT2D eigenvalue weighted by Gasteiger charge is -2.32. The van der Waals surface area contributed by atoms with Crippen LogP contribution in [0.2, 0.25) is 0 Å². The molecule has 4 heterocycles. The fourth-order valence-electron chi connectivity index (χ4n) is 3.43. The van der Waals surface area contributed by atoms with Crippen molar-refractivity contribution in [2.45, 2.75) is 39.3 Å². The Morgan fingerprint density at radius 3 is 2.74 bits per heavy atom. The Hall–Kier alpha value is -2.81. The van der Waals surface area contributed by atoms with Crippen molar-refractivity contribution in [3.05, 3.63) is 29.2 Å². The lowest BCUT2D eigenvalue weighted by Crippen LogP contribution is -2.43. The standard InChI is InChI=1S/C18H24N8O/c1-12-11-19-13(2)16-20-14(22-26(12)16)7-8-15-21-17(23-24(15)4)25-10-6-9-18(25,3)27-5/h7-8,11H,6,9-10H2,1-5H3. The Kier molecular flexibility index (Phi) is 4.18. The Morgan fingerprint density at radius 2 is 2.00 bits per heavy atom. The van der Waals surface area contributed by atoms with Gasteiger partial charge in [-0.15, -0.1) is 10.2 Å². The van der Waals surface area contributed by atoms with Crippen molar-refractivity contribution in [1.29, 1.82) is 0 Å². The summed E-state index contributed by atoms with van der Waals surface area (Å²) >= 11 is 0. The molecule has 9 heteroatoms. The van der Waals surface area contributed by atoms with Crippen molar-refractivity contribution in [1.82, 2.24) is 34.3 Å². The molecule has 0 N–H and O–H groups in total. The van der Waals surface area contributed by atoms with Crippen LogP contribution < -0.4 is 4.90 Å². The molecule has 1 atom stereocenters. The predicted octanol–water partition coefficient (Wildman–Crippen LogP) is 2.00. The van der Waals surface area contributed by atoms with E-state index in [1.54, 1.807) is 22.5 Å². The van der Waals surface area contributed by atoms with Crippen LogP contribution in [0.25, 0.3) is 17.8 Å². The lowest BCUT2D eigenvalue weighted by atomic mass is 10.2. The monoisotopic (exact) mass is 368 g/mol. The summed E-state index contributed by atoms with van der Waals surface area (Å²) in [5, 5.41) is 9.09. The van der Waals surface area contributed by atoms with Crippen molar-refractivity contribution in [3.8, 4) is 0 Å². The molecule has 1 unspecified atom stereocenters. The number of fused-ring (bicyclic) bond motifs is 1. The number of ether oxygens (including phenoxy) is 1. The summed E-state index contributed by atoms with van der Waals surface area (Å²) in [7, 11) is 3.61. The van der Waals surface area contributed by atoms with E-state index < -0.39 is 0 Å². The molecule has 142 valence electrons. The van der Waals surface area contributed by atoms with Gasteiger partial charge in [-0.1, -0.05) is 0 Å². The van der Waals surface area contributed by atoms with Gasteiger partial charge in [-0.25, -0.2) is 14.2 Å². The molecule has 3 aromatic rings. The molecule has 1 aliphatic rings. The molecule has 0 aliphatic carbocycles. The van der Waals surface area contributed by atoms with Gasteiger partial charge in [0.25, 0.3) is 0 Å². The van der Waals surface area contributed by atoms with Crippen molar-refractivity contribution >= 4 is 23.7 Å². The quantitative estimate of drug-likeness (QED) is 0.696. The minimum Gasteiger partial charge on any atom is -0.359 e. The zero-order valence-corrected chi connectivity index (χ0v) is 16.3. The number of aryl methyl sites for hydroxylation is 3. The molecule has 0 bridgehead atoms. The number of hydrogen-bond acceptors (Lipinski definition) is 7. The van der Waals surface area contributed by atoms with Crippen LogP contribution in [0.15, 0.2) is 6.20 Å². The minimum absolute atomic E-state index is 0.354. The Bertz CT molecular complexity index is 981. The van der Waals surface area contributed by atoms with Crippen molar-refractivity contribution in [3.63, 3.8) is 0 Å². The second-order valence-electron chi connectivity index (χ2n) is 7.05. The molecule has 0 radical (unpaired) electrons. The van der Waals surface area contributed by atoms with Gasteiger partial charge in [-0.3, -0.25) is 4.98 Å². The van der Waals surface area contributed by atoms with Gasteiger partial charge in [0.2, 0.25) is 5.95 Å². The topological polar surface area (TPSA) is 86.3 Å². The first-order valence-corrected chi connectivity index (χ1v) is 9.02. The summed E-state index contributed by atoms with van der Waals surface area (Å²) in [4.78, 5) is 15.7. The van der Waals surface area contributed by atoms with E-state index in [9.17, 15) is 0 Å². The second kappa shape index (κ2) is 6.41. The van der Waals surface area contributed by atoms with Crippen molar-refractivity contribution < 1.29 is 4.74 Å². The molecule has 27 heavy (non-hydrogen) atoms. The summed E-state index contributed by atoms with van der Waals surface area (Å²) in [6.07, 6.45) is 7.54. The van der Waals surface area contributed by atoms with E-state index in [1.807, 2.05) is 33.0 Å². The van der Waals surface area contributed by atoms with E-state index in [0.29, 0.717) is 11.8 Å². The van der Waals surface area contributed by atoms with Gasteiger partial charge in [0.1, 0.15) is 5.72 Å². The number of anilines is 1. The first-order chi connectivity index (χ1) is 12.9. The summed E-state index contributed by atoms with van der Waals surface area (Å²) in [6, 6.07) is 0. The maximum Gasteiger partial charge on any atom is 0.247 e. The van der Waals surface area contributed by atoms with Crippen LogP contribution >= 0.6 is 0 Å². The minimum atomic E-state index is -0.354.